The Morgan fingerprint density at radius 1 is 1.22 bits per heavy atom. The molecule has 0 saturated carbocycles. The molecule has 0 radical (unpaired) electrons. The number of rotatable bonds is 13. The molecule has 46 heavy (non-hydrogen) atoms. The number of hydrogen-bond acceptors (Lipinski definition) is 6. The van der Waals surface area contributed by atoms with Crippen molar-refractivity contribution in [3.8, 4) is 22.9 Å². The van der Waals surface area contributed by atoms with E-state index in [0.29, 0.717) is 36.0 Å². The van der Waals surface area contributed by atoms with E-state index in [9.17, 15) is 15.0 Å². The number of nitrogens with one attached hydrogen (secondary N) is 2. The van der Waals surface area contributed by atoms with Crippen LogP contribution in [0.25, 0.3) is 38.8 Å². The molecule has 3 aromatic carbocycles. The van der Waals surface area contributed by atoms with Crippen molar-refractivity contribution in [3.63, 3.8) is 0 Å². The molecule has 2 atom stereocenters. The van der Waals surface area contributed by atoms with Crippen molar-refractivity contribution in [1.82, 2.24) is 20.2 Å². The Balaban J connectivity index is 1.48. The highest BCUT2D eigenvalue weighted by Gasteiger charge is 2.33. The van der Waals surface area contributed by atoms with Crippen LogP contribution >= 0.6 is 22.6 Å². The summed E-state index contributed by atoms with van der Waals surface area (Å²) in [5.41, 5.74) is 9.41. The molecular weight excluding hydrogens is 711 g/mol. The van der Waals surface area contributed by atoms with E-state index in [2.05, 4.69) is 52.8 Å². The smallest absolute Gasteiger partial charge is 0.328 e. The van der Waals surface area contributed by atoms with Crippen molar-refractivity contribution in [2.24, 2.45) is 5.11 Å². The van der Waals surface area contributed by atoms with E-state index in [4.69, 9.17) is 10.3 Å². The number of hydrogen-bond donors (Lipinski definition) is 4. The van der Waals surface area contributed by atoms with Crippen LogP contribution in [0.2, 0.25) is 0 Å². The maximum absolute atomic E-state index is 15.2. The van der Waals surface area contributed by atoms with E-state index in [0.717, 1.165) is 21.3 Å². The first-order valence-corrected chi connectivity index (χ1v) is 15.2. The fraction of sp³-hybridized carbons (Fsp3) is 0.219. The summed E-state index contributed by atoms with van der Waals surface area (Å²) >= 11 is 2.22. The maximum atomic E-state index is 15.2. The van der Waals surface area contributed by atoms with Crippen molar-refractivity contribution in [3.05, 3.63) is 109 Å². The van der Waals surface area contributed by atoms with Gasteiger partial charge < -0.3 is 19.9 Å². The van der Waals surface area contributed by atoms with Gasteiger partial charge in [0.1, 0.15) is 17.4 Å². The Bertz CT molecular complexity index is 1970. The summed E-state index contributed by atoms with van der Waals surface area (Å²) in [4.78, 5) is 21.5. The standard InChI is InChI=1S/C32H28F2IN7O4/c1-32(18-4-2-5-19(35)14-18,12-3-6-20(43)17-38-42-36)31-39-30(40-41-31)24-15-21(7-9-25(24)33)46-29-23(8-10-28(44)45)22-11-13-37-27(22)16-26(29)34/h2,4-5,7-11,13-16,20,37,43H,3,6,12,17H2,1H3,(H,44,45)(H,39,40,41)/b10-8+. The van der Waals surface area contributed by atoms with Crippen molar-refractivity contribution >= 4 is 45.5 Å². The molecule has 5 aromatic rings. The molecular formula is C32H28F2IN7O4. The minimum atomic E-state index is -1.22. The van der Waals surface area contributed by atoms with Crippen LogP contribution in [0.1, 0.15) is 43.1 Å². The van der Waals surface area contributed by atoms with Crippen molar-refractivity contribution < 1.29 is 28.5 Å². The average Bonchev–Trinajstić information content (AvgIpc) is 3.71. The fourth-order valence-corrected chi connectivity index (χ4v) is 5.78. The van der Waals surface area contributed by atoms with Crippen molar-refractivity contribution in [2.45, 2.75) is 37.7 Å². The van der Waals surface area contributed by atoms with Gasteiger partial charge in [-0.3, -0.25) is 5.10 Å². The second-order valence-corrected chi connectivity index (χ2v) is 12.0. The summed E-state index contributed by atoms with van der Waals surface area (Å²) in [6.45, 7) is 1.95. The van der Waals surface area contributed by atoms with Crippen molar-refractivity contribution in [2.75, 3.05) is 6.54 Å². The number of halogens is 3. The summed E-state index contributed by atoms with van der Waals surface area (Å²) in [6, 6.07) is 14.6. The molecule has 11 nitrogen and oxygen atoms in total. The largest absolute Gasteiger partial charge is 0.478 e. The Hall–Kier alpha value is -4.79. The third-order valence-electron chi connectivity index (χ3n) is 7.63. The first-order chi connectivity index (χ1) is 22.1. The number of H-pyrrole nitrogens is 2. The minimum absolute atomic E-state index is 0.000498. The number of aromatic nitrogens is 4. The molecule has 0 aliphatic rings. The maximum Gasteiger partial charge on any atom is 0.328 e. The highest BCUT2D eigenvalue weighted by Crippen LogP contribution is 2.39. The van der Waals surface area contributed by atoms with Crippen LogP contribution < -0.4 is 4.74 Å². The zero-order valence-electron chi connectivity index (χ0n) is 24.4. The SMILES string of the molecule is CC(CCCC(O)CN=[N+]=[N-])(c1cccc(I)c1)c1nc(-c2cc(Oc3c(F)cc4[nH]ccc4c3/C=C/C(=O)O)ccc2F)n[nH]1. The lowest BCUT2D eigenvalue weighted by Crippen LogP contribution is -2.26. The van der Waals surface area contributed by atoms with Gasteiger partial charge in [0, 0.05) is 43.3 Å². The number of benzene rings is 3. The molecule has 0 amide bonds. The number of carboxylic acid groups (broad SMARTS) is 1. The van der Waals surface area contributed by atoms with E-state index in [-0.39, 0.29) is 35.0 Å². The van der Waals surface area contributed by atoms with Gasteiger partial charge in [-0.15, -0.1) is 0 Å². The monoisotopic (exact) mass is 739 g/mol. The van der Waals surface area contributed by atoms with Crippen LogP contribution in [0.15, 0.2) is 72.0 Å². The van der Waals surface area contributed by atoms with Crippen LogP contribution in [0.3, 0.4) is 0 Å². The lowest BCUT2D eigenvalue weighted by Gasteiger charge is -2.28. The number of aliphatic carboxylic acids is 1. The molecule has 0 spiro atoms. The van der Waals surface area contributed by atoms with Crippen molar-refractivity contribution in [1.29, 1.82) is 0 Å². The summed E-state index contributed by atoms with van der Waals surface area (Å²) in [5, 5.41) is 30.6. The van der Waals surface area contributed by atoms with Gasteiger partial charge in [-0.05, 0) is 102 Å². The van der Waals surface area contributed by atoms with E-state index >= 15 is 8.78 Å². The van der Waals surface area contributed by atoms with E-state index < -0.39 is 29.1 Å². The number of aromatic amines is 2. The molecule has 0 aliphatic carbocycles. The number of ether oxygens (including phenoxy) is 1. The molecule has 0 bridgehead atoms. The van der Waals surface area contributed by atoms with E-state index in [1.54, 1.807) is 12.3 Å². The van der Waals surface area contributed by atoms with Crippen LogP contribution in [0, 0.1) is 15.2 Å². The van der Waals surface area contributed by atoms with Gasteiger partial charge in [0.15, 0.2) is 17.4 Å². The predicted molar refractivity (Wildman–Crippen MR) is 176 cm³/mol. The topological polar surface area (TPSA) is 173 Å². The Morgan fingerprint density at radius 2 is 2.04 bits per heavy atom. The van der Waals surface area contributed by atoms with Crippen LogP contribution in [-0.2, 0) is 10.2 Å². The van der Waals surface area contributed by atoms with Gasteiger partial charge >= 0.3 is 5.97 Å². The number of aliphatic hydroxyl groups is 1. The highest BCUT2D eigenvalue weighted by molar-refractivity contribution is 14.1. The van der Waals surface area contributed by atoms with E-state index in [1.807, 2.05) is 31.2 Å². The molecule has 2 heterocycles. The Labute approximate surface area is 275 Å². The van der Waals surface area contributed by atoms with Gasteiger partial charge in [-0.25, -0.2) is 18.6 Å². The number of carbonyl (C=O) groups is 1. The first kappa shape index (κ1) is 32.6. The lowest BCUT2D eigenvalue weighted by molar-refractivity contribution is -0.131. The first-order valence-electron chi connectivity index (χ1n) is 14.1. The number of fused-ring (bicyclic) bond motifs is 1. The molecule has 0 aliphatic heterocycles. The second-order valence-electron chi connectivity index (χ2n) is 10.8. The number of azide groups is 1. The van der Waals surface area contributed by atoms with E-state index in [1.165, 1.54) is 24.3 Å². The normalized spacial score (nSPS) is 13.4. The number of carboxylic acids is 1. The van der Waals surface area contributed by atoms with Crippen LogP contribution in [0.4, 0.5) is 8.78 Å². The highest BCUT2D eigenvalue weighted by atomic mass is 127. The summed E-state index contributed by atoms with van der Waals surface area (Å²) in [7, 11) is 0. The Morgan fingerprint density at radius 3 is 2.80 bits per heavy atom. The molecule has 2 unspecified atom stereocenters. The molecule has 5 rings (SSSR count). The molecule has 14 heteroatoms. The number of aliphatic hydroxyl groups excluding tert-OH is 1. The van der Waals surface area contributed by atoms with Gasteiger partial charge in [-0.1, -0.05) is 17.2 Å². The third kappa shape index (κ3) is 7.19. The van der Waals surface area contributed by atoms with Gasteiger partial charge in [0.05, 0.1) is 23.6 Å². The average molecular weight is 740 g/mol. The summed E-state index contributed by atoms with van der Waals surface area (Å²) < 4.78 is 37.4. The zero-order valence-corrected chi connectivity index (χ0v) is 26.6. The van der Waals surface area contributed by atoms with Crippen LogP contribution in [-0.4, -0.2) is 49.0 Å². The minimum Gasteiger partial charge on any atom is -0.478 e. The molecule has 236 valence electrons. The fourth-order valence-electron chi connectivity index (χ4n) is 5.23. The Kier molecular flexibility index (Phi) is 9.99. The second kappa shape index (κ2) is 14.1. The number of nitrogens with zero attached hydrogens (tertiary/aromatic N) is 5. The quantitative estimate of drug-likeness (QED) is 0.0315. The summed E-state index contributed by atoms with van der Waals surface area (Å²) in [6.07, 6.45) is 4.42. The third-order valence-corrected chi connectivity index (χ3v) is 8.30. The van der Waals surface area contributed by atoms with Gasteiger partial charge in [0.2, 0.25) is 0 Å². The zero-order chi connectivity index (χ0) is 32.8. The predicted octanol–water partition coefficient (Wildman–Crippen LogP) is 7.87. The lowest BCUT2D eigenvalue weighted by atomic mass is 9.77. The molecule has 0 saturated heterocycles. The summed E-state index contributed by atoms with van der Waals surface area (Å²) in [5.74, 6) is -2.24. The molecule has 0 fully saturated rings. The molecule has 4 N–H and O–H groups in total. The molecule has 2 aromatic heterocycles. The van der Waals surface area contributed by atoms with Gasteiger partial charge in [-0.2, -0.15) is 5.10 Å². The van der Waals surface area contributed by atoms with Crippen LogP contribution in [0.5, 0.6) is 11.5 Å². The van der Waals surface area contributed by atoms with Gasteiger partial charge in [0.25, 0.3) is 0 Å².